The van der Waals surface area contributed by atoms with Crippen LogP contribution in [0.4, 0.5) is 0 Å². The van der Waals surface area contributed by atoms with Crippen molar-refractivity contribution in [1.29, 1.82) is 0 Å². The molecule has 1 unspecified atom stereocenters. The van der Waals surface area contributed by atoms with E-state index in [1.54, 1.807) is 0 Å². The lowest BCUT2D eigenvalue weighted by molar-refractivity contribution is -0.140. The molecule has 66 valence electrons. The quantitative estimate of drug-likeness (QED) is 0.342. The van der Waals surface area contributed by atoms with Gasteiger partial charge in [0.2, 0.25) is 0 Å². The van der Waals surface area contributed by atoms with Gasteiger partial charge in [-0.25, -0.2) is 0 Å². The van der Waals surface area contributed by atoms with Gasteiger partial charge in [0.15, 0.2) is 0 Å². The van der Waals surface area contributed by atoms with Gasteiger partial charge in [-0.05, 0) is 0 Å². The largest absolute Gasteiger partial charge is 0.465 e. The minimum Gasteiger partial charge on any atom is -0.465 e. The summed E-state index contributed by atoms with van der Waals surface area (Å²) in [6.45, 7) is 1.33. The van der Waals surface area contributed by atoms with Crippen LogP contribution in [-0.4, -0.2) is 40.6 Å². The molecule has 4 nitrogen and oxygen atoms in total. The second kappa shape index (κ2) is 6.45. The molecule has 0 aliphatic rings. The molecular formula is C6H12O4S. The molecule has 0 radical (unpaired) electrons. The van der Waals surface area contributed by atoms with Crippen LogP contribution in [0.5, 0.6) is 0 Å². The highest BCUT2D eigenvalue weighted by Gasteiger charge is 2.01. The van der Waals surface area contributed by atoms with Crippen molar-refractivity contribution < 1.29 is 19.7 Å². The monoisotopic (exact) mass is 180 g/mol. The van der Waals surface area contributed by atoms with Gasteiger partial charge in [-0.1, -0.05) is 0 Å². The lowest BCUT2D eigenvalue weighted by Crippen LogP contribution is -2.10. The van der Waals surface area contributed by atoms with Crippen LogP contribution in [0.3, 0.4) is 0 Å². The van der Waals surface area contributed by atoms with Crippen LogP contribution in [0, 0.1) is 0 Å². The van der Waals surface area contributed by atoms with Crippen LogP contribution >= 0.6 is 11.8 Å². The number of ether oxygens (including phenoxy) is 1. The minimum absolute atomic E-state index is 0.273. The Bertz CT molecular complexity index is 117. The third kappa shape index (κ3) is 7.64. The van der Waals surface area contributed by atoms with Crippen molar-refractivity contribution in [3.05, 3.63) is 0 Å². The first-order chi connectivity index (χ1) is 5.16. The van der Waals surface area contributed by atoms with Crippen molar-refractivity contribution in [2.75, 3.05) is 19.0 Å². The normalized spacial score (nSPS) is 12.6. The van der Waals surface area contributed by atoms with Gasteiger partial charge in [0, 0.05) is 12.7 Å². The molecule has 0 fully saturated rings. The summed E-state index contributed by atoms with van der Waals surface area (Å²) in [7, 11) is 0. The molecule has 0 amide bonds. The molecule has 0 aliphatic carbocycles. The zero-order chi connectivity index (χ0) is 8.69. The predicted octanol–water partition coefficient (Wildman–Crippen LogP) is -0.407. The van der Waals surface area contributed by atoms with E-state index in [1.807, 2.05) is 0 Å². The molecule has 0 bridgehead atoms. The fourth-order valence-corrected chi connectivity index (χ4v) is 0.979. The Morgan fingerprint density at radius 3 is 2.82 bits per heavy atom. The van der Waals surface area contributed by atoms with Crippen LogP contribution in [0.1, 0.15) is 6.92 Å². The van der Waals surface area contributed by atoms with Gasteiger partial charge in [-0.3, -0.25) is 4.79 Å². The summed E-state index contributed by atoms with van der Waals surface area (Å²) >= 11 is 1.15. The van der Waals surface area contributed by atoms with Gasteiger partial charge >= 0.3 is 5.97 Å². The molecule has 5 heteroatoms. The number of carbonyl (C=O) groups excluding carboxylic acids is 1. The Balaban J connectivity index is 3.08. The fourth-order valence-electron chi connectivity index (χ4n) is 0.422. The van der Waals surface area contributed by atoms with Crippen molar-refractivity contribution >= 4 is 17.7 Å². The Morgan fingerprint density at radius 1 is 1.73 bits per heavy atom. The highest BCUT2D eigenvalue weighted by Crippen LogP contribution is 2.05. The van der Waals surface area contributed by atoms with Crippen LogP contribution in [0.2, 0.25) is 0 Å². The molecule has 1 atom stereocenters. The second-order valence-electron chi connectivity index (χ2n) is 1.85. The summed E-state index contributed by atoms with van der Waals surface area (Å²) in [6.07, 6.45) is 0. The molecule has 0 aliphatic heterocycles. The van der Waals surface area contributed by atoms with Crippen molar-refractivity contribution in [2.24, 2.45) is 0 Å². The third-order valence-corrected chi connectivity index (χ3v) is 1.79. The van der Waals surface area contributed by atoms with Gasteiger partial charge in [0.25, 0.3) is 0 Å². The average molecular weight is 180 g/mol. The van der Waals surface area contributed by atoms with Gasteiger partial charge in [0.05, 0.1) is 6.61 Å². The van der Waals surface area contributed by atoms with Crippen LogP contribution in [0.15, 0.2) is 0 Å². The molecule has 0 saturated heterocycles. The van der Waals surface area contributed by atoms with E-state index >= 15 is 0 Å². The second-order valence-corrected chi connectivity index (χ2v) is 3.13. The van der Waals surface area contributed by atoms with Gasteiger partial charge < -0.3 is 14.9 Å². The number of aliphatic hydroxyl groups excluding tert-OH is 2. The van der Waals surface area contributed by atoms with E-state index in [0.29, 0.717) is 5.75 Å². The van der Waals surface area contributed by atoms with Gasteiger partial charge in [-0.2, -0.15) is 0 Å². The lowest BCUT2D eigenvalue weighted by atomic mass is 10.8. The summed E-state index contributed by atoms with van der Waals surface area (Å²) in [4.78, 5) is 10.2. The molecule has 0 aromatic carbocycles. The van der Waals surface area contributed by atoms with E-state index in [0.717, 1.165) is 11.8 Å². The lowest BCUT2D eigenvalue weighted by Gasteiger charge is -2.05. The van der Waals surface area contributed by atoms with E-state index in [1.165, 1.54) is 6.92 Å². The number of hydrogen-bond donors (Lipinski definition) is 2. The van der Waals surface area contributed by atoms with E-state index in [-0.39, 0.29) is 19.2 Å². The Morgan fingerprint density at radius 2 is 2.36 bits per heavy atom. The number of rotatable bonds is 5. The Kier molecular flexibility index (Phi) is 6.30. The van der Waals surface area contributed by atoms with Crippen molar-refractivity contribution in [3.8, 4) is 0 Å². The van der Waals surface area contributed by atoms with Crippen molar-refractivity contribution in [1.82, 2.24) is 0 Å². The Labute approximate surface area is 69.6 Å². The zero-order valence-electron chi connectivity index (χ0n) is 6.32. The predicted molar refractivity (Wildman–Crippen MR) is 42.2 cm³/mol. The minimum atomic E-state index is -0.773. The zero-order valence-corrected chi connectivity index (χ0v) is 7.13. The molecular weight excluding hydrogens is 168 g/mol. The Hall–Kier alpha value is -0.260. The maximum Gasteiger partial charge on any atom is 0.302 e. The molecule has 0 aromatic heterocycles. The summed E-state index contributed by atoms with van der Waals surface area (Å²) in [5.41, 5.74) is -0.773. The molecule has 2 N–H and O–H groups in total. The molecule has 11 heavy (non-hydrogen) atoms. The molecule has 0 heterocycles. The topological polar surface area (TPSA) is 66.8 Å². The fraction of sp³-hybridized carbons (Fsp3) is 0.833. The van der Waals surface area contributed by atoms with Gasteiger partial charge in [0.1, 0.15) is 12.0 Å². The van der Waals surface area contributed by atoms with E-state index in [2.05, 4.69) is 4.74 Å². The van der Waals surface area contributed by atoms with E-state index in [4.69, 9.17) is 10.2 Å². The van der Waals surface area contributed by atoms with E-state index < -0.39 is 5.44 Å². The van der Waals surface area contributed by atoms with Crippen LogP contribution < -0.4 is 0 Å². The first-order valence-electron chi connectivity index (χ1n) is 3.20. The number of hydrogen-bond acceptors (Lipinski definition) is 5. The molecule has 0 aromatic rings. The molecule has 0 saturated carbocycles. The maximum absolute atomic E-state index is 10.2. The highest BCUT2D eigenvalue weighted by molar-refractivity contribution is 7.99. The SMILES string of the molecule is CC(=O)OCCSC(O)CO. The molecule has 0 rings (SSSR count). The number of carbonyl (C=O) groups is 1. The van der Waals surface area contributed by atoms with Crippen LogP contribution in [0.25, 0.3) is 0 Å². The number of thioether (sulfide) groups is 1. The van der Waals surface area contributed by atoms with E-state index in [9.17, 15) is 4.79 Å². The van der Waals surface area contributed by atoms with Crippen molar-refractivity contribution in [3.63, 3.8) is 0 Å². The standard InChI is InChI=1S/C6H12O4S/c1-5(8)10-2-3-11-6(9)4-7/h6-7,9H,2-4H2,1H3. The first kappa shape index (κ1) is 10.7. The smallest absolute Gasteiger partial charge is 0.302 e. The number of aliphatic hydroxyl groups is 2. The summed E-state index contributed by atoms with van der Waals surface area (Å²) < 4.78 is 4.58. The summed E-state index contributed by atoms with van der Waals surface area (Å²) in [5.74, 6) is 0.172. The average Bonchev–Trinajstić information content (AvgIpc) is 1.97. The first-order valence-corrected chi connectivity index (χ1v) is 4.25. The third-order valence-electron chi connectivity index (χ3n) is 0.855. The molecule has 0 spiro atoms. The highest BCUT2D eigenvalue weighted by atomic mass is 32.2. The van der Waals surface area contributed by atoms with Crippen molar-refractivity contribution in [2.45, 2.75) is 12.4 Å². The number of esters is 1. The van der Waals surface area contributed by atoms with Gasteiger partial charge in [-0.15, -0.1) is 11.8 Å². The van der Waals surface area contributed by atoms with Crippen LogP contribution in [-0.2, 0) is 9.53 Å². The summed E-state index contributed by atoms with van der Waals surface area (Å²) in [6, 6.07) is 0. The maximum atomic E-state index is 10.2. The summed E-state index contributed by atoms with van der Waals surface area (Å²) in [5, 5.41) is 17.2.